The number of hydrogen-bond donors (Lipinski definition) is 2. The van der Waals surface area contributed by atoms with E-state index in [2.05, 4.69) is 17.2 Å². The molecule has 0 aromatic rings. The molecule has 2 fully saturated rings. The van der Waals surface area contributed by atoms with E-state index in [1.807, 2.05) is 11.8 Å². The number of halogens is 1. The molecule has 3 unspecified atom stereocenters. The maximum Gasteiger partial charge on any atom is 0.251 e. The van der Waals surface area contributed by atoms with E-state index in [1.165, 1.54) is 0 Å². The first-order chi connectivity index (χ1) is 11.6. The van der Waals surface area contributed by atoms with E-state index in [0.717, 1.165) is 45.2 Å². The van der Waals surface area contributed by atoms with Crippen molar-refractivity contribution < 1.29 is 14.3 Å². The van der Waals surface area contributed by atoms with Crippen LogP contribution in [0.2, 0.25) is 0 Å². The number of rotatable bonds is 8. The SMILES string of the molecule is C=CCCOC(C)C(=O)N1CCCC(CNC(=O)C2CCCN2)C1.Cl. The number of amides is 2. The molecule has 0 bridgehead atoms. The van der Waals surface area contributed by atoms with E-state index >= 15 is 0 Å². The fourth-order valence-corrected chi connectivity index (χ4v) is 3.36. The first-order valence-electron chi connectivity index (χ1n) is 9.14. The summed E-state index contributed by atoms with van der Waals surface area (Å²) >= 11 is 0. The molecule has 0 aliphatic carbocycles. The Kier molecular flexibility index (Phi) is 10.1. The van der Waals surface area contributed by atoms with E-state index < -0.39 is 6.10 Å². The topological polar surface area (TPSA) is 70.7 Å². The summed E-state index contributed by atoms with van der Waals surface area (Å²) in [5.41, 5.74) is 0. The highest BCUT2D eigenvalue weighted by Crippen LogP contribution is 2.17. The largest absolute Gasteiger partial charge is 0.368 e. The fraction of sp³-hybridized carbons (Fsp3) is 0.778. The fourth-order valence-electron chi connectivity index (χ4n) is 3.36. The molecular weight excluding hydrogens is 342 g/mol. The van der Waals surface area contributed by atoms with Gasteiger partial charge in [0, 0.05) is 19.6 Å². The van der Waals surface area contributed by atoms with Gasteiger partial charge in [-0.2, -0.15) is 0 Å². The van der Waals surface area contributed by atoms with Crippen LogP contribution in [0.4, 0.5) is 0 Å². The average molecular weight is 374 g/mol. The molecule has 0 aromatic carbocycles. The zero-order valence-electron chi connectivity index (χ0n) is 15.2. The van der Waals surface area contributed by atoms with Crippen LogP contribution in [0, 0.1) is 5.92 Å². The summed E-state index contributed by atoms with van der Waals surface area (Å²) in [6.07, 6.45) is 6.13. The summed E-state index contributed by atoms with van der Waals surface area (Å²) in [5, 5.41) is 6.25. The van der Waals surface area contributed by atoms with Gasteiger partial charge < -0.3 is 20.3 Å². The van der Waals surface area contributed by atoms with Crippen LogP contribution in [-0.4, -0.2) is 61.6 Å². The lowest BCUT2D eigenvalue weighted by molar-refractivity contribution is -0.144. The number of likely N-dealkylation sites (tertiary alicyclic amines) is 1. The second-order valence-corrected chi connectivity index (χ2v) is 6.78. The van der Waals surface area contributed by atoms with Gasteiger partial charge in [-0.15, -0.1) is 19.0 Å². The van der Waals surface area contributed by atoms with Crippen molar-refractivity contribution in [1.29, 1.82) is 0 Å². The van der Waals surface area contributed by atoms with E-state index in [4.69, 9.17) is 4.74 Å². The van der Waals surface area contributed by atoms with Gasteiger partial charge in [0.2, 0.25) is 5.91 Å². The van der Waals surface area contributed by atoms with Crippen LogP contribution < -0.4 is 10.6 Å². The zero-order chi connectivity index (χ0) is 17.4. The Balaban J connectivity index is 0.00000312. The van der Waals surface area contributed by atoms with Gasteiger partial charge in [-0.25, -0.2) is 0 Å². The van der Waals surface area contributed by atoms with Crippen molar-refractivity contribution in [1.82, 2.24) is 15.5 Å². The number of carbonyl (C=O) groups is 2. The van der Waals surface area contributed by atoms with Gasteiger partial charge in [-0.1, -0.05) is 6.08 Å². The molecule has 0 radical (unpaired) electrons. The number of nitrogens with one attached hydrogen (secondary N) is 2. The van der Waals surface area contributed by atoms with Crippen molar-refractivity contribution in [3.8, 4) is 0 Å². The number of hydrogen-bond acceptors (Lipinski definition) is 4. The minimum Gasteiger partial charge on any atom is -0.368 e. The molecule has 3 atom stereocenters. The van der Waals surface area contributed by atoms with Crippen LogP contribution in [0.3, 0.4) is 0 Å². The molecule has 7 heteroatoms. The Morgan fingerprint density at radius 1 is 1.40 bits per heavy atom. The summed E-state index contributed by atoms with van der Waals surface area (Å²) < 4.78 is 5.56. The summed E-state index contributed by atoms with van der Waals surface area (Å²) in [5.74, 6) is 0.470. The van der Waals surface area contributed by atoms with Gasteiger partial charge in [-0.3, -0.25) is 9.59 Å². The Morgan fingerprint density at radius 3 is 2.88 bits per heavy atom. The molecule has 2 amide bonds. The molecule has 0 spiro atoms. The monoisotopic (exact) mass is 373 g/mol. The third-order valence-electron chi connectivity index (χ3n) is 4.81. The highest BCUT2D eigenvalue weighted by Gasteiger charge is 2.28. The highest BCUT2D eigenvalue weighted by atomic mass is 35.5. The first-order valence-corrected chi connectivity index (χ1v) is 9.14. The summed E-state index contributed by atoms with van der Waals surface area (Å²) in [6, 6.07) is -0.0374. The Morgan fingerprint density at radius 2 is 2.20 bits per heavy atom. The van der Waals surface area contributed by atoms with Crippen LogP contribution in [0.5, 0.6) is 0 Å². The highest BCUT2D eigenvalue weighted by molar-refractivity contribution is 5.85. The molecule has 25 heavy (non-hydrogen) atoms. The normalized spacial score (nSPS) is 24.3. The molecule has 2 saturated heterocycles. The lowest BCUT2D eigenvalue weighted by atomic mass is 9.97. The maximum absolute atomic E-state index is 12.5. The van der Waals surface area contributed by atoms with Gasteiger partial charge in [0.15, 0.2) is 0 Å². The van der Waals surface area contributed by atoms with E-state index in [0.29, 0.717) is 25.6 Å². The average Bonchev–Trinajstić information content (AvgIpc) is 3.14. The first kappa shape index (κ1) is 21.9. The Labute approximate surface area is 157 Å². The van der Waals surface area contributed by atoms with Crippen LogP contribution in [-0.2, 0) is 14.3 Å². The smallest absolute Gasteiger partial charge is 0.251 e. The number of carbonyl (C=O) groups excluding carboxylic acids is 2. The minimum atomic E-state index is -0.416. The number of piperidine rings is 1. The van der Waals surface area contributed by atoms with Crippen molar-refractivity contribution in [3.63, 3.8) is 0 Å². The molecule has 2 heterocycles. The van der Waals surface area contributed by atoms with E-state index in [1.54, 1.807) is 6.08 Å². The van der Waals surface area contributed by atoms with Crippen LogP contribution in [0.15, 0.2) is 12.7 Å². The van der Waals surface area contributed by atoms with Gasteiger partial charge in [-0.05, 0) is 51.5 Å². The third-order valence-corrected chi connectivity index (χ3v) is 4.81. The van der Waals surface area contributed by atoms with Crippen molar-refractivity contribution in [3.05, 3.63) is 12.7 Å². The molecule has 2 N–H and O–H groups in total. The summed E-state index contributed by atoms with van der Waals surface area (Å²) in [7, 11) is 0. The van der Waals surface area contributed by atoms with Gasteiger partial charge in [0.05, 0.1) is 12.6 Å². The summed E-state index contributed by atoms with van der Waals surface area (Å²) in [4.78, 5) is 26.4. The number of ether oxygens (including phenoxy) is 1. The van der Waals surface area contributed by atoms with Crippen molar-refractivity contribution in [2.45, 2.75) is 51.2 Å². The summed E-state index contributed by atoms with van der Waals surface area (Å²) in [6.45, 7) is 9.04. The predicted octanol–water partition coefficient (Wildman–Crippen LogP) is 1.50. The van der Waals surface area contributed by atoms with Crippen LogP contribution in [0.25, 0.3) is 0 Å². The predicted molar refractivity (Wildman–Crippen MR) is 101 cm³/mol. The molecule has 6 nitrogen and oxygen atoms in total. The molecule has 0 aromatic heterocycles. The van der Waals surface area contributed by atoms with Crippen molar-refractivity contribution in [2.75, 3.05) is 32.8 Å². The Bertz CT molecular complexity index is 441. The van der Waals surface area contributed by atoms with Crippen molar-refractivity contribution >= 4 is 24.2 Å². The molecule has 2 aliphatic rings. The second kappa shape index (κ2) is 11.5. The van der Waals surface area contributed by atoms with E-state index in [-0.39, 0.29) is 30.3 Å². The molecular formula is C18H32ClN3O3. The molecule has 2 aliphatic heterocycles. The molecule has 0 saturated carbocycles. The van der Waals surface area contributed by atoms with Gasteiger partial charge >= 0.3 is 0 Å². The number of nitrogens with zero attached hydrogens (tertiary/aromatic N) is 1. The van der Waals surface area contributed by atoms with Gasteiger partial charge in [0.1, 0.15) is 6.10 Å². The molecule has 2 rings (SSSR count). The minimum absolute atomic E-state index is 0. The van der Waals surface area contributed by atoms with Crippen molar-refractivity contribution in [2.24, 2.45) is 5.92 Å². The van der Waals surface area contributed by atoms with Gasteiger partial charge in [0.25, 0.3) is 5.91 Å². The lowest BCUT2D eigenvalue weighted by Crippen LogP contribution is -2.48. The quantitative estimate of drug-likeness (QED) is 0.499. The standard InChI is InChI=1S/C18H31N3O3.ClH/c1-3-4-11-24-14(2)18(23)21-10-6-7-15(13-21)12-20-17(22)16-8-5-9-19-16;/h3,14-16,19H,1,4-13H2,2H3,(H,20,22);1H. The maximum atomic E-state index is 12.5. The zero-order valence-corrected chi connectivity index (χ0v) is 16.0. The molecule has 144 valence electrons. The Hall–Kier alpha value is -1.11. The van der Waals surface area contributed by atoms with Crippen LogP contribution >= 0.6 is 12.4 Å². The van der Waals surface area contributed by atoms with Crippen LogP contribution in [0.1, 0.15) is 39.0 Å². The second-order valence-electron chi connectivity index (χ2n) is 6.78. The van der Waals surface area contributed by atoms with E-state index in [9.17, 15) is 9.59 Å². The lowest BCUT2D eigenvalue weighted by Gasteiger charge is -2.34. The third kappa shape index (κ3) is 6.96.